The molecule has 20 heavy (non-hydrogen) atoms. The van der Waals surface area contributed by atoms with Crippen LogP contribution in [0.1, 0.15) is 43.6 Å². The summed E-state index contributed by atoms with van der Waals surface area (Å²) < 4.78 is 19.3. The Morgan fingerprint density at radius 2 is 1.75 bits per heavy atom. The van der Waals surface area contributed by atoms with Crippen molar-refractivity contribution in [3.63, 3.8) is 0 Å². The Balaban J connectivity index is 2.26. The Morgan fingerprint density at radius 3 is 2.25 bits per heavy atom. The monoisotopic (exact) mass is 279 g/mol. The van der Waals surface area contributed by atoms with Crippen LogP contribution in [0.15, 0.2) is 18.2 Å². The number of aryl methyl sites for hydroxylation is 1. The van der Waals surface area contributed by atoms with Crippen LogP contribution in [-0.2, 0) is 4.74 Å². The summed E-state index contributed by atoms with van der Waals surface area (Å²) in [5.41, 5.74) is 0.249. The van der Waals surface area contributed by atoms with Crippen LogP contribution in [0.3, 0.4) is 0 Å². The highest BCUT2D eigenvalue weighted by atomic mass is 19.1. The summed E-state index contributed by atoms with van der Waals surface area (Å²) in [6, 6.07) is 4.49. The molecule has 0 aromatic heterocycles. The quantitative estimate of drug-likeness (QED) is 0.790. The van der Waals surface area contributed by atoms with E-state index in [-0.39, 0.29) is 22.9 Å². The second-order valence-electron chi connectivity index (χ2n) is 6.75. The molecule has 0 bridgehead atoms. The maximum Gasteiger partial charge on any atom is 0.254 e. The van der Waals surface area contributed by atoms with E-state index in [1.807, 2.05) is 27.7 Å². The minimum absolute atomic E-state index is 0.0717. The maximum absolute atomic E-state index is 13.3. The van der Waals surface area contributed by atoms with Gasteiger partial charge in [0, 0.05) is 18.7 Å². The van der Waals surface area contributed by atoms with E-state index in [0.717, 1.165) is 0 Å². The summed E-state index contributed by atoms with van der Waals surface area (Å²) in [6.07, 6.45) is 0. The van der Waals surface area contributed by atoms with E-state index in [9.17, 15) is 9.18 Å². The minimum Gasteiger partial charge on any atom is -0.366 e. The van der Waals surface area contributed by atoms with Crippen LogP contribution in [0.25, 0.3) is 0 Å². The van der Waals surface area contributed by atoms with Gasteiger partial charge in [0.1, 0.15) is 5.82 Å². The molecule has 2 rings (SSSR count). The summed E-state index contributed by atoms with van der Waals surface area (Å²) in [6.45, 7) is 10.6. The van der Waals surface area contributed by atoms with Gasteiger partial charge in [0.2, 0.25) is 0 Å². The van der Waals surface area contributed by atoms with Crippen LogP contribution in [0, 0.1) is 12.7 Å². The molecule has 1 amide bonds. The molecule has 1 aromatic carbocycles. The molecule has 0 unspecified atom stereocenters. The van der Waals surface area contributed by atoms with Crippen molar-refractivity contribution >= 4 is 5.91 Å². The van der Waals surface area contributed by atoms with Gasteiger partial charge < -0.3 is 9.64 Å². The first-order chi connectivity index (χ1) is 9.10. The van der Waals surface area contributed by atoms with Crippen LogP contribution >= 0.6 is 0 Å². The first kappa shape index (κ1) is 15.0. The largest absolute Gasteiger partial charge is 0.366 e. The summed E-state index contributed by atoms with van der Waals surface area (Å²) in [5.74, 6) is -0.360. The SMILES string of the molecule is Cc1cc(C(=O)N2CC(C)(C)OC(C)(C)C2)ccc1F. The molecule has 1 aliphatic rings. The molecule has 0 saturated carbocycles. The summed E-state index contributed by atoms with van der Waals surface area (Å²) in [7, 11) is 0. The topological polar surface area (TPSA) is 29.5 Å². The number of hydrogen-bond acceptors (Lipinski definition) is 2. The number of nitrogens with zero attached hydrogens (tertiary/aromatic N) is 1. The molecule has 110 valence electrons. The zero-order chi connectivity index (χ0) is 15.1. The van der Waals surface area contributed by atoms with Gasteiger partial charge in [-0.25, -0.2) is 4.39 Å². The van der Waals surface area contributed by atoms with Gasteiger partial charge in [0.15, 0.2) is 0 Å². The second-order valence-corrected chi connectivity index (χ2v) is 6.75. The van der Waals surface area contributed by atoms with Crippen LogP contribution in [-0.4, -0.2) is 35.1 Å². The van der Waals surface area contributed by atoms with Crippen molar-refractivity contribution in [2.75, 3.05) is 13.1 Å². The van der Waals surface area contributed by atoms with Gasteiger partial charge in [0.05, 0.1) is 11.2 Å². The van der Waals surface area contributed by atoms with Gasteiger partial charge in [-0.1, -0.05) is 0 Å². The molecule has 4 heteroatoms. The normalized spacial score (nSPS) is 20.8. The standard InChI is InChI=1S/C16H22FNO2/c1-11-8-12(6-7-13(11)17)14(19)18-9-15(2,3)20-16(4,5)10-18/h6-8H,9-10H2,1-5H3. The number of morpholine rings is 1. The van der Waals surface area contributed by atoms with Crippen molar-refractivity contribution in [3.8, 4) is 0 Å². The van der Waals surface area contributed by atoms with Crippen molar-refractivity contribution in [2.24, 2.45) is 0 Å². The molecule has 0 spiro atoms. The lowest BCUT2D eigenvalue weighted by atomic mass is 9.98. The average molecular weight is 279 g/mol. The van der Waals surface area contributed by atoms with E-state index < -0.39 is 0 Å². The van der Waals surface area contributed by atoms with E-state index >= 15 is 0 Å². The summed E-state index contributed by atoms with van der Waals surface area (Å²) in [5, 5.41) is 0. The highest BCUT2D eigenvalue weighted by Gasteiger charge is 2.40. The van der Waals surface area contributed by atoms with Gasteiger partial charge in [-0.15, -0.1) is 0 Å². The molecule has 1 aromatic rings. The number of amides is 1. The average Bonchev–Trinajstić information content (AvgIpc) is 2.27. The highest BCUT2D eigenvalue weighted by Crippen LogP contribution is 2.29. The third-order valence-electron chi connectivity index (χ3n) is 3.39. The van der Waals surface area contributed by atoms with Crippen LogP contribution in [0.2, 0.25) is 0 Å². The molecule has 0 radical (unpaired) electrons. The molecule has 0 N–H and O–H groups in total. The van der Waals surface area contributed by atoms with Crippen molar-refractivity contribution in [1.29, 1.82) is 0 Å². The predicted molar refractivity (Wildman–Crippen MR) is 76.3 cm³/mol. The fraction of sp³-hybridized carbons (Fsp3) is 0.562. The first-order valence-corrected chi connectivity index (χ1v) is 6.85. The number of halogens is 1. The molecular formula is C16H22FNO2. The van der Waals surface area contributed by atoms with E-state index in [0.29, 0.717) is 24.2 Å². The van der Waals surface area contributed by atoms with Crippen molar-refractivity contribution in [3.05, 3.63) is 35.1 Å². The molecule has 0 atom stereocenters. The lowest BCUT2D eigenvalue weighted by Gasteiger charge is -2.47. The number of carbonyl (C=O) groups excluding carboxylic acids is 1. The van der Waals surface area contributed by atoms with Crippen molar-refractivity contribution < 1.29 is 13.9 Å². The molecule has 1 fully saturated rings. The molecule has 1 aliphatic heterocycles. The molecule has 1 saturated heterocycles. The molecule has 0 aliphatic carbocycles. The Bertz CT molecular complexity index is 521. The third-order valence-corrected chi connectivity index (χ3v) is 3.39. The second kappa shape index (κ2) is 4.85. The van der Waals surface area contributed by atoms with E-state index in [2.05, 4.69) is 0 Å². The van der Waals surface area contributed by atoms with Crippen LogP contribution in [0.5, 0.6) is 0 Å². The Kier molecular flexibility index (Phi) is 3.63. The van der Waals surface area contributed by atoms with Gasteiger partial charge in [-0.05, 0) is 58.4 Å². The zero-order valence-corrected chi connectivity index (χ0v) is 12.8. The van der Waals surface area contributed by atoms with Crippen LogP contribution < -0.4 is 0 Å². The van der Waals surface area contributed by atoms with E-state index in [1.54, 1.807) is 24.0 Å². The first-order valence-electron chi connectivity index (χ1n) is 6.85. The Hall–Kier alpha value is -1.42. The highest BCUT2D eigenvalue weighted by molar-refractivity contribution is 5.94. The number of carbonyl (C=O) groups is 1. The molecular weight excluding hydrogens is 257 g/mol. The lowest BCUT2D eigenvalue weighted by molar-refractivity contribution is -0.171. The molecule has 3 nitrogen and oxygen atoms in total. The van der Waals surface area contributed by atoms with Gasteiger partial charge in [-0.2, -0.15) is 0 Å². The van der Waals surface area contributed by atoms with Crippen molar-refractivity contribution in [1.82, 2.24) is 4.90 Å². The third kappa shape index (κ3) is 3.18. The number of benzene rings is 1. The number of ether oxygens (including phenoxy) is 1. The Labute approximate surface area is 119 Å². The van der Waals surface area contributed by atoms with Gasteiger partial charge in [-0.3, -0.25) is 4.79 Å². The maximum atomic E-state index is 13.3. The summed E-state index contributed by atoms with van der Waals surface area (Å²) >= 11 is 0. The van der Waals surface area contributed by atoms with E-state index in [1.165, 1.54) is 6.07 Å². The fourth-order valence-corrected chi connectivity index (χ4v) is 2.89. The van der Waals surface area contributed by atoms with Gasteiger partial charge >= 0.3 is 0 Å². The Morgan fingerprint density at radius 1 is 1.20 bits per heavy atom. The fourth-order valence-electron chi connectivity index (χ4n) is 2.89. The smallest absolute Gasteiger partial charge is 0.254 e. The molecule has 1 heterocycles. The minimum atomic E-state index is -0.382. The lowest BCUT2D eigenvalue weighted by Crippen LogP contribution is -2.58. The summed E-state index contributed by atoms with van der Waals surface area (Å²) in [4.78, 5) is 14.4. The zero-order valence-electron chi connectivity index (χ0n) is 12.8. The van der Waals surface area contributed by atoms with E-state index in [4.69, 9.17) is 4.74 Å². The van der Waals surface area contributed by atoms with Gasteiger partial charge in [0.25, 0.3) is 5.91 Å². The predicted octanol–water partition coefficient (Wildman–Crippen LogP) is 3.16. The van der Waals surface area contributed by atoms with Crippen molar-refractivity contribution in [2.45, 2.75) is 45.8 Å². The number of rotatable bonds is 1. The number of hydrogen-bond donors (Lipinski definition) is 0. The van der Waals surface area contributed by atoms with Crippen LogP contribution in [0.4, 0.5) is 4.39 Å².